The summed E-state index contributed by atoms with van der Waals surface area (Å²) in [6.45, 7) is 5.60. The fraction of sp³-hybridized carbons (Fsp3) is 0.833. The molecule has 0 aliphatic heterocycles. The van der Waals surface area contributed by atoms with Crippen LogP contribution < -0.4 is 0 Å². The molecule has 0 amide bonds. The fourth-order valence-electron chi connectivity index (χ4n) is 1.12. The van der Waals surface area contributed by atoms with E-state index in [1.54, 1.807) is 0 Å². The van der Waals surface area contributed by atoms with Crippen molar-refractivity contribution in [1.29, 1.82) is 0 Å². The second-order valence-electron chi connectivity index (χ2n) is 3.62. The van der Waals surface area contributed by atoms with Crippen molar-refractivity contribution in [2.45, 2.75) is 24.3 Å². The lowest BCUT2D eigenvalue weighted by Crippen LogP contribution is -2.35. The van der Waals surface area contributed by atoms with Crippen LogP contribution >= 0.6 is 25.3 Å². The normalized spacial score (nSPS) is 13.6. The van der Waals surface area contributed by atoms with Crippen molar-refractivity contribution in [2.24, 2.45) is 0 Å². The molecule has 0 aliphatic rings. The van der Waals surface area contributed by atoms with Crippen molar-refractivity contribution >= 4 is 37.2 Å². The molecule has 0 heterocycles. The first-order valence-electron chi connectivity index (χ1n) is 6.39. The molecule has 0 radical (unpaired) electrons. The highest BCUT2D eigenvalue weighted by Crippen LogP contribution is 2.13. The SMILES string of the molecule is CCOCCOC(=O)C(S)C(S)C(=O)OCCOCC. The highest BCUT2D eigenvalue weighted by Gasteiger charge is 2.30. The van der Waals surface area contributed by atoms with Crippen molar-refractivity contribution in [2.75, 3.05) is 39.6 Å². The molecule has 0 N–H and O–H groups in total. The van der Waals surface area contributed by atoms with Crippen LogP contribution in [0, 0.1) is 0 Å². The fourth-order valence-corrected chi connectivity index (χ4v) is 1.51. The summed E-state index contributed by atoms with van der Waals surface area (Å²) in [7, 11) is 0. The van der Waals surface area contributed by atoms with E-state index in [-0.39, 0.29) is 13.2 Å². The molecule has 0 aromatic heterocycles. The van der Waals surface area contributed by atoms with Gasteiger partial charge in [-0.05, 0) is 13.8 Å². The second-order valence-corrected chi connectivity index (χ2v) is 4.73. The van der Waals surface area contributed by atoms with E-state index in [0.29, 0.717) is 26.4 Å². The Bertz CT molecular complexity index is 259. The number of hydrogen-bond acceptors (Lipinski definition) is 8. The molecule has 0 saturated carbocycles. The van der Waals surface area contributed by atoms with Crippen molar-refractivity contribution in [3.63, 3.8) is 0 Å². The van der Waals surface area contributed by atoms with Gasteiger partial charge in [-0.3, -0.25) is 9.59 Å². The molecule has 20 heavy (non-hydrogen) atoms. The van der Waals surface area contributed by atoms with Crippen molar-refractivity contribution in [1.82, 2.24) is 0 Å². The number of rotatable bonds is 11. The van der Waals surface area contributed by atoms with Gasteiger partial charge in [0.2, 0.25) is 0 Å². The third-order valence-corrected chi connectivity index (χ3v) is 3.39. The highest BCUT2D eigenvalue weighted by molar-refractivity contribution is 7.86. The van der Waals surface area contributed by atoms with Crippen LogP contribution in [0.1, 0.15) is 13.8 Å². The minimum Gasteiger partial charge on any atom is -0.462 e. The summed E-state index contributed by atoms with van der Waals surface area (Å²) < 4.78 is 19.8. The Hall–Kier alpha value is -0.440. The maximum absolute atomic E-state index is 11.6. The lowest BCUT2D eigenvalue weighted by molar-refractivity contribution is -0.150. The maximum Gasteiger partial charge on any atom is 0.320 e. The van der Waals surface area contributed by atoms with Gasteiger partial charge in [-0.15, -0.1) is 0 Å². The standard InChI is InChI=1S/C12H22O6S2/c1-3-15-5-7-17-11(13)9(19)10(20)12(14)18-8-6-16-4-2/h9-10,19-20H,3-8H2,1-2H3. The Kier molecular flexibility index (Phi) is 12.0. The predicted octanol–water partition coefficient (Wildman–Crippen LogP) is 0.743. The molecule has 118 valence electrons. The van der Waals surface area contributed by atoms with E-state index >= 15 is 0 Å². The monoisotopic (exact) mass is 326 g/mol. The number of carbonyl (C=O) groups is 2. The van der Waals surface area contributed by atoms with Gasteiger partial charge in [-0.1, -0.05) is 0 Å². The molecular weight excluding hydrogens is 304 g/mol. The lowest BCUT2D eigenvalue weighted by atomic mass is 10.3. The number of esters is 2. The number of hydrogen-bond donors (Lipinski definition) is 2. The van der Waals surface area contributed by atoms with Gasteiger partial charge in [0.25, 0.3) is 0 Å². The van der Waals surface area contributed by atoms with Crippen molar-refractivity contribution in [3.05, 3.63) is 0 Å². The second kappa shape index (κ2) is 12.3. The van der Waals surface area contributed by atoms with E-state index in [2.05, 4.69) is 25.3 Å². The quantitative estimate of drug-likeness (QED) is 0.332. The topological polar surface area (TPSA) is 71.1 Å². The summed E-state index contributed by atoms with van der Waals surface area (Å²) in [5.41, 5.74) is 0. The Balaban J connectivity index is 3.95. The van der Waals surface area contributed by atoms with Crippen LogP contribution in [-0.4, -0.2) is 62.1 Å². The zero-order chi connectivity index (χ0) is 15.4. The molecule has 0 bridgehead atoms. The first-order chi connectivity index (χ1) is 9.54. The Labute approximate surface area is 130 Å². The van der Waals surface area contributed by atoms with E-state index in [1.807, 2.05) is 13.8 Å². The third kappa shape index (κ3) is 8.68. The van der Waals surface area contributed by atoms with Crippen molar-refractivity contribution < 1.29 is 28.5 Å². The lowest BCUT2D eigenvalue weighted by Gasteiger charge is -2.16. The van der Waals surface area contributed by atoms with Crippen LogP contribution in [-0.2, 0) is 28.5 Å². The number of ether oxygens (including phenoxy) is 4. The number of carbonyl (C=O) groups excluding carboxylic acids is 2. The molecule has 6 nitrogen and oxygen atoms in total. The number of thiol groups is 2. The van der Waals surface area contributed by atoms with Crippen molar-refractivity contribution in [3.8, 4) is 0 Å². The van der Waals surface area contributed by atoms with E-state index < -0.39 is 22.4 Å². The highest BCUT2D eigenvalue weighted by atomic mass is 32.1. The van der Waals surface area contributed by atoms with Crippen LogP contribution in [0.3, 0.4) is 0 Å². The molecule has 0 aliphatic carbocycles. The Morgan fingerprint density at radius 1 is 0.800 bits per heavy atom. The smallest absolute Gasteiger partial charge is 0.320 e. The third-order valence-electron chi connectivity index (χ3n) is 2.13. The summed E-state index contributed by atoms with van der Waals surface area (Å²) in [5, 5.41) is -1.97. The zero-order valence-corrected chi connectivity index (χ0v) is 13.5. The van der Waals surface area contributed by atoms with Crippen LogP contribution in [0.2, 0.25) is 0 Å². The molecule has 8 heteroatoms. The summed E-state index contributed by atoms with van der Waals surface area (Å²) in [6, 6.07) is 0. The van der Waals surface area contributed by atoms with Crippen LogP contribution in [0.4, 0.5) is 0 Å². The molecular formula is C12H22O6S2. The van der Waals surface area contributed by atoms with E-state index in [4.69, 9.17) is 18.9 Å². The first-order valence-corrected chi connectivity index (χ1v) is 7.42. The van der Waals surface area contributed by atoms with Crippen LogP contribution in [0.15, 0.2) is 0 Å². The Morgan fingerprint density at radius 2 is 1.15 bits per heavy atom. The van der Waals surface area contributed by atoms with E-state index in [9.17, 15) is 9.59 Å². The summed E-state index contributed by atoms with van der Waals surface area (Å²) in [6.07, 6.45) is 0. The minimum atomic E-state index is -0.987. The summed E-state index contributed by atoms with van der Waals surface area (Å²) in [5.74, 6) is -1.26. The maximum atomic E-state index is 11.6. The molecule has 0 rings (SSSR count). The molecule has 0 spiro atoms. The zero-order valence-electron chi connectivity index (χ0n) is 11.7. The molecule has 0 aromatic carbocycles. The molecule has 0 saturated heterocycles. The van der Waals surface area contributed by atoms with Gasteiger partial charge in [0, 0.05) is 13.2 Å². The van der Waals surface area contributed by atoms with Gasteiger partial charge < -0.3 is 18.9 Å². The average Bonchev–Trinajstić information content (AvgIpc) is 2.46. The largest absolute Gasteiger partial charge is 0.462 e. The van der Waals surface area contributed by atoms with E-state index in [0.717, 1.165) is 0 Å². The van der Waals surface area contributed by atoms with Crippen LogP contribution in [0.5, 0.6) is 0 Å². The van der Waals surface area contributed by atoms with Crippen LogP contribution in [0.25, 0.3) is 0 Å². The Morgan fingerprint density at radius 3 is 1.45 bits per heavy atom. The average molecular weight is 326 g/mol. The molecule has 0 aromatic rings. The minimum absolute atomic E-state index is 0.115. The van der Waals surface area contributed by atoms with Gasteiger partial charge in [0.1, 0.15) is 23.7 Å². The van der Waals surface area contributed by atoms with Gasteiger partial charge in [0.15, 0.2) is 0 Å². The first kappa shape index (κ1) is 19.6. The molecule has 2 atom stereocenters. The summed E-state index contributed by atoms with van der Waals surface area (Å²) in [4.78, 5) is 23.2. The molecule has 2 unspecified atom stereocenters. The van der Waals surface area contributed by atoms with Gasteiger partial charge in [0.05, 0.1) is 13.2 Å². The van der Waals surface area contributed by atoms with Gasteiger partial charge in [-0.25, -0.2) is 0 Å². The van der Waals surface area contributed by atoms with Gasteiger partial charge >= 0.3 is 11.9 Å². The molecule has 0 fully saturated rings. The van der Waals surface area contributed by atoms with Gasteiger partial charge in [-0.2, -0.15) is 25.3 Å². The predicted molar refractivity (Wildman–Crippen MR) is 80.5 cm³/mol. The summed E-state index contributed by atoms with van der Waals surface area (Å²) >= 11 is 8.05. The van der Waals surface area contributed by atoms with E-state index in [1.165, 1.54) is 0 Å².